The van der Waals surface area contributed by atoms with E-state index in [2.05, 4.69) is 43.3 Å². The molecular formula is C16H22FN3O. The van der Waals surface area contributed by atoms with Gasteiger partial charge in [-0.25, -0.2) is 4.39 Å². The highest BCUT2D eigenvalue weighted by Gasteiger charge is 2.38. The summed E-state index contributed by atoms with van der Waals surface area (Å²) in [6.07, 6.45) is 1.95. The molecule has 0 radical (unpaired) electrons. The van der Waals surface area contributed by atoms with Crippen LogP contribution in [0.3, 0.4) is 0 Å². The van der Waals surface area contributed by atoms with Gasteiger partial charge >= 0.3 is 0 Å². The fourth-order valence-corrected chi connectivity index (χ4v) is 3.56. The number of rotatable bonds is 2. The molecule has 3 rings (SSSR count). The van der Waals surface area contributed by atoms with Crippen LogP contribution in [0.2, 0.25) is 0 Å². The number of aromatic nitrogens is 1. The zero-order valence-electron chi connectivity index (χ0n) is 13.0. The number of piperidine rings is 1. The number of halogens is 1. The van der Waals surface area contributed by atoms with Crippen molar-refractivity contribution in [2.75, 3.05) is 5.32 Å². The van der Waals surface area contributed by atoms with Gasteiger partial charge in [-0.05, 0) is 52.7 Å². The predicted molar refractivity (Wildman–Crippen MR) is 81.9 cm³/mol. The van der Waals surface area contributed by atoms with E-state index in [1.54, 1.807) is 6.07 Å². The number of oxazole rings is 1. The summed E-state index contributed by atoms with van der Waals surface area (Å²) >= 11 is 0. The van der Waals surface area contributed by atoms with Crippen LogP contribution < -0.4 is 10.6 Å². The molecule has 0 aliphatic carbocycles. The van der Waals surface area contributed by atoms with Gasteiger partial charge in [-0.3, -0.25) is 0 Å². The second-order valence-corrected chi connectivity index (χ2v) is 7.27. The van der Waals surface area contributed by atoms with E-state index in [0.717, 1.165) is 12.8 Å². The number of hydrogen-bond donors (Lipinski definition) is 2. The van der Waals surface area contributed by atoms with E-state index < -0.39 is 0 Å². The van der Waals surface area contributed by atoms with Crippen LogP contribution in [0.15, 0.2) is 22.6 Å². The lowest BCUT2D eigenvalue weighted by Crippen LogP contribution is -2.60. The summed E-state index contributed by atoms with van der Waals surface area (Å²) < 4.78 is 18.9. The smallest absolute Gasteiger partial charge is 0.295 e. The molecule has 0 unspecified atom stereocenters. The molecule has 0 saturated carbocycles. The van der Waals surface area contributed by atoms with E-state index in [1.165, 1.54) is 12.1 Å². The molecule has 5 heteroatoms. The van der Waals surface area contributed by atoms with Crippen LogP contribution in [0, 0.1) is 5.82 Å². The maximum atomic E-state index is 13.2. The first kappa shape index (κ1) is 14.3. The Morgan fingerprint density at radius 1 is 1.24 bits per heavy atom. The molecule has 2 heterocycles. The second kappa shape index (κ2) is 4.70. The van der Waals surface area contributed by atoms with E-state index >= 15 is 0 Å². The van der Waals surface area contributed by atoms with E-state index in [-0.39, 0.29) is 22.9 Å². The monoisotopic (exact) mass is 291 g/mol. The van der Waals surface area contributed by atoms with Gasteiger partial charge in [-0.1, -0.05) is 0 Å². The molecule has 1 aliphatic heterocycles. The lowest BCUT2D eigenvalue weighted by atomic mass is 9.80. The number of nitrogens with zero attached hydrogens (tertiary/aromatic N) is 1. The quantitative estimate of drug-likeness (QED) is 0.886. The predicted octanol–water partition coefficient (Wildman–Crippen LogP) is 3.69. The molecule has 114 valence electrons. The summed E-state index contributed by atoms with van der Waals surface area (Å²) in [7, 11) is 0. The van der Waals surface area contributed by atoms with Crippen LogP contribution in [0.4, 0.5) is 10.4 Å². The lowest BCUT2D eigenvalue weighted by molar-refractivity contribution is 0.169. The normalized spacial score (nSPS) is 21.6. The van der Waals surface area contributed by atoms with Gasteiger partial charge in [-0.15, -0.1) is 0 Å². The van der Waals surface area contributed by atoms with E-state index in [4.69, 9.17) is 4.42 Å². The minimum atomic E-state index is -0.300. The van der Waals surface area contributed by atoms with Crippen molar-refractivity contribution in [3.63, 3.8) is 0 Å². The number of anilines is 1. The Morgan fingerprint density at radius 3 is 2.57 bits per heavy atom. The Morgan fingerprint density at radius 2 is 1.90 bits per heavy atom. The topological polar surface area (TPSA) is 50.1 Å². The summed E-state index contributed by atoms with van der Waals surface area (Å²) in [6.45, 7) is 8.79. The standard InChI is InChI=1S/C16H22FN3O/c1-15(2)8-11(9-16(3,4)20-15)18-14-19-12-7-10(17)5-6-13(12)21-14/h5-7,11,20H,8-9H2,1-4H3,(H,18,19). The minimum Gasteiger partial charge on any atom is -0.424 e. The number of benzene rings is 1. The van der Waals surface area contributed by atoms with Gasteiger partial charge < -0.3 is 15.1 Å². The zero-order valence-corrected chi connectivity index (χ0v) is 13.0. The SMILES string of the molecule is CC1(C)CC(Nc2nc3cc(F)ccc3o2)CC(C)(C)N1. The number of hydrogen-bond acceptors (Lipinski definition) is 4. The molecular weight excluding hydrogens is 269 g/mol. The summed E-state index contributed by atoms with van der Waals surface area (Å²) in [4.78, 5) is 4.32. The third-order valence-corrected chi connectivity index (χ3v) is 3.87. The molecule has 1 aliphatic rings. The van der Waals surface area contributed by atoms with Crippen molar-refractivity contribution in [1.82, 2.24) is 10.3 Å². The van der Waals surface area contributed by atoms with Crippen molar-refractivity contribution in [2.45, 2.75) is 57.7 Å². The Kier molecular flexibility index (Phi) is 3.20. The van der Waals surface area contributed by atoms with E-state index in [0.29, 0.717) is 17.1 Å². The average Bonchev–Trinajstić information content (AvgIpc) is 2.65. The van der Waals surface area contributed by atoms with Crippen molar-refractivity contribution in [2.24, 2.45) is 0 Å². The average molecular weight is 291 g/mol. The maximum absolute atomic E-state index is 13.2. The van der Waals surface area contributed by atoms with Gasteiger partial charge in [0.1, 0.15) is 11.3 Å². The van der Waals surface area contributed by atoms with Crippen LogP contribution in [-0.2, 0) is 0 Å². The van der Waals surface area contributed by atoms with Gasteiger partial charge in [0.25, 0.3) is 6.01 Å². The molecule has 4 nitrogen and oxygen atoms in total. The molecule has 1 saturated heterocycles. The molecule has 21 heavy (non-hydrogen) atoms. The fourth-order valence-electron chi connectivity index (χ4n) is 3.56. The lowest BCUT2D eigenvalue weighted by Gasteiger charge is -2.46. The van der Waals surface area contributed by atoms with Crippen LogP contribution in [0.25, 0.3) is 11.1 Å². The van der Waals surface area contributed by atoms with Crippen LogP contribution in [0.5, 0.6) is 0 Å². The molecule has 0 amide bonds. The third kappa shape index (κ3) is 3.18. The van der Waals surface area contributed by atoms with Crippen molar-refractivity contribution in [3.05, 3.63) is 24.0 Å². The fraction of sp³-hybridized carbons (Fsp3) is 0.562. The van der Waals surface area contributed by atoms with Crippen molar-refractivity contribution in [1.29, 1.82) is 0 Å². The largest absolute Gasteiger partial charge is 0.424 e. The third-order valence-electron chi connectivity index (χ3n) is 3.87. The van der Waals surface area contributed by atoms with Crippen molar-refractivity contribution < 1.29 is 8.81 Å². The van der Waals surface area contributed by atoms with Gasteiger partial charge in [0.05, 0.1) is 0 Å². The number of fused-ring (bicyclic) bond motifs is 1. The summed E-state index contributed by atoms with van der Waals surface area (Å²) in [5, 5.41) is 7.00. The van der Waals surface area contributed by atoms with Crippen LogP contribution in [0.1, 0.15) is 40.5 Å². The molecule has 1 aromatic carbocycles. The van der Waals surface area contributed by atoms with Gasteiger partial charge in [0.15, 0.2) is 5.58 Å². The molecule has 2 aromatic rings. The number of nitrogens with one attached hydrogen (secondary N) is 2. The molecule has 0 bridgehead atoms. The first-order valence-corrected chi connectivity index (χ1v) is 7.34. The molecule has 0 atom stereocenters. The second-order valence-electron chi connectivity index (χ2n) is 7.27. The first-order valence-electron chi connectivity index (χ1n) is 7.34. The summed E-state index contributed by atoms with van der Waals surface area (Å²) in [5.74, 6) is -0.300. The summed E-state index contributed by atoms with van der Waals surface area (Å²) in [6, 6.07) is 5.12. The highest BCUT2D eigenvalue weighted by molar-refractivity contribution is 5.74. The molecule has 1 aromatic heterocycles. The highest BCUT2D eigenvalue weighted by atomic mass is 19.1. The molecule has 0 spiro atoms. The van der Waals surface area contributed by atoms with E-state index in [1.807, 2.05) is 0 Å². The van der Waals surface area contributed by atoms with Crippen molar-refractivity contribution in [3.8, 4) is 0 Å². The van der Waals surface area contributed by atoms with Crippen LogP contribution >= 0.6 is 0 Å². The Bertz CT molecular complexity index is 647. The first-order chi connectivity index (χ1) is 9.72. The molecule has 1 fully saturated rings. The van der Waals surface area contributed by atoms with Crippen molar-refractivity contribution >= 4 is 17.1 Å². The van der Waals surface area contributed by atoms with Crippen LogP contribution in [-0.4, -0.2) is 22.1 Å². The summed E-state index contributed by atoms with van der Waals surface area (Å²) in [5.41, 5.74) is 1.26. The Hall–Kier alpha value is -1.62. The maximum Gasteiger partial charge on any atom is 0.295 e. The van der Waals surface area contributed by atoms with Gasteiger partial charge in [0.2, 0.25) is 0 Å². The Labute approximate surface area is 124 Å². The minimum absolute atomic E-state index is 0.0531. The van der Waals surface area contributed by atoms with E-state index in [9.17, 15) is 4.39 Å². The van der Waals surface area contributed by atoms with Gasteiger partial charge in [-0.2, -0.15) is 4.98 Å². The molecule has 2 N–H and O–H groups in total. The Balaban J connectivity index is 1.81. The zero-order chi connectivity index (χ0) is 15.3. The van der Waals surface area contributed by atoms with Gasteiger partial charge in [0, 0.05) is 23.2 Å². The highest BCUT2D eigenvalue weighted by Crippen LogP contribution is 2.31.